The molecule has 1 saturated carbocycles. The number of thiophene rings is 1. The van der Waals surface area contributed by atoms with Gasteiger partial charge in [-0.2, -0.15) is 0 Å². The zero-order valence-corrected chi connectivity index (χ0v) is 16.9. The minimum atomic E-state index is -4.16. The van der Waals surface area contributed by atoms with E-state index in [0.29, 0.717) is 9.58 Å². The Morgan fingerprint density at radius 1 is 1.04 bits per heavy atom. The Labute approximate surface area is 159 Å². The van der Waals surface area contributed by atoms with Gasteiger partial charge in [-0.25, -0.2) is 0 Å². The fraction of sp³-hybridized carbons (Fsp3) is 0.556. The first-order valence-corrected chi connectivity index (χ1v) is 11.8. The van der Waals surface area contributed by atoms with Crippen LogP contribution in [0.3, 0.4) is 0 Å². The predicted octanol–water partition coefficient (Wildman–Crippen LogP) is 3.50. The molecule has 0 aliphatic heterocycles. The summed E-state index contributed by atoms with van der Waals surface area (Å²) in [5.74, 6) is 0.116. The Bertz CT molecular complexity index is 705. The van der Waals surface area contributed by atoms with Gasteiger partial charge in [0.15, 0.2) is 9.58 Å². The monoisotopic (exact) mass is 454 g/mol. The summed E-state index contributed by atoms with van der Waals surface area (Å²) in [5, 5.41) is 0.789. The Balaban J connectivity index is 0.000000552. The Hall–Kier alpha value is -0.670. The normalized spacial score (nSPS) is 17.2. The smallest absolute Gasteiger partial charge is 0.405 e. The molecule has 1 aromatic carbocycles. The second kappa shape index (κ2) is 9.50. The summed E-state index contributed by atoms with van der Waals surface area (Å²) in [5.41, 5.74) is -3.16. The van der Waals surface area contributed by atoms with Gasteiger partial charge in [0, 0.05) is 23.4 Å². The lowest BCUT2D eigenvalue weighted by Gasteiger charge is -2.10. The highest BCUT2D eigenvalue weighted by Gasteiger charge is 2.49. The van der Waals surface area contributed by atoms with Crippen LogP contribution < -0.4 is 12.6 Å². The summed E-state index contributed by atoms with van der Waals surface area (Å²) < 4.78 is 67.3. The largest absolute Gasteiger partial charge is 0.600 e. The average Bonchev–Trinajstić information content (AvgIpc) is 2.73. The molecular weight excluding hydrogens is 433 g/mol. The molecule has 0 saturated heterocycles. The number of halogens is 4. The van der Waals surface area contributed by atoms with Crippen LogP contribution in [0, 0.1) is 14.8 Å². The maximum Gasteiger partial charge on any atom is 0.600 e. The van der Waals surface area contributed by atoms with Gasteiger partial charge in [-0.1, -0.05) is 38.7 Å². The van der Waals surface area contributed by atoms with E-state index in [4.69, 9.17) is 12.6 Å². The first-order chi connectivity index (χ1) is 12.2. The molecule has 1 unspecified atom stereocenters. The second-order valence-corrected chi connectivity index (χ2v) is 9.18. The van der Waals surface area contributed by atoms with E-state index < -0.39 is 30.8 Å². The molecule has 1 aliphatic carbocycles. The molecule has 26 heavy (non-hydrogen) atoms. The van der Waals surface area contributed by atoms with Crippen molar-refractivity contribution >= 4 is 20.6 Å². The zero-order chi connectivity index (χ0) is 19.3. The van der Waals surface area contributed by atoms with E-state index in [1.807, 2.05) is 25.1 Å². The van der Waals surface area contributed by atoms with Gasteiger partial charge in [0.2, 0.25) is 14.8 Å². The fourth-order valence-electron chi connectivity index (χ4n) is 3.54. The van der Waals surface area contributed by atoms with Crippen LogP contribution in [0.5, 0.6) is 0 Å². The topological polar surface area (TPSA) is 69.2 Å². The molecule has 0 N–H and O–H groups in total. The van der Waals surface area contributed by atoms with Crippen molar-refractivity contribution in [3.63, 3.8) is 0 Å². The van der Waals surface area contributed by atoms with Crippen molar-refractivity contribution in [1.82, 2.24) is 0 Å². The van der Waals surface area contributed by atoms with E-state index >= 15 is 0 Å². The summed E-state index contributed by atoms with van der Waals surface area (Å²) in [6.07, 6.45) is 7.06. The molecule has 1 atom stereocenters. The molecular formula is C18H22BrF3O3S. The van der Waals surface area contributed by atoms with Crippen molar-refractivity contribution in [1.29, 1.82) is 0 Å². The van der Waals surface area contributed by atoms with Gasteiger partial charge in [0.1, 0.15) is 0 Å². The maximum absolute atomic E-state index is 13.8. The quantitative estimate of drug-likeness (QED) is 0.514. The zero-order valence-electron chi connectivity index (χ0n) is 14.5. The predicted molar refractivity (Wildman–Crippen MR) is 87.5 cm³/mol. The van der Waals surface area contributed by atoms with Gasteiger partial charge in [0.05, 0.1) is 10.5 Å². The van der Waals surface area contributed by atoms with E-state index in [2.05, 4.69) is 0 Å². The van der Waals surface area contributed by atoms with E-state index in [1.165, 1.54) is 0 Å². The number of rotatable bonds is 2. The highest BCUT2D eigenvalue weighted by Crippen LogP contribution is 2.54. The highest BCUT2D eigenvalue weighted by molar-refractivity contribution is 7.38. The summed E-state index contributed by atoms with van der Waals surface area (Å²) in [6.45, 7) is 1.99. The first kappa shape index (κ1) is 21.6. The lowest BCUT2D eigenvalue weighted by molar-refractivity contribution is -1.73. The molecule has 0 amide bonds. The molecule has 1 aromatic heterocycles. The number of fused-ring (bicyclic) bond motifs is 1. The molecule has 1 aliphatic rings. The number of aryl methyl sites for hydroxylation is 1. The molecule has 1 fully saturated rings. The third-order valence-corrected chi connectivity index (χ3v) is 6.91. The second-order valence-electron chi connectivity index (χ2n) is 6.40. The van der Waals surface area contributed by atoms with Gasteiger partial charge < -0.3 is 12.6 Å². The molecule has 1 heterocycles. The Kier molecular flexibility index (Phi) is 7.90. The standard InChI is InChI=1S/C18H22F3S.BrO3/c1-2-13-9-10-15-12-17(14-7-5-3-4-6-8-14)22(16(15)11-13)18(19,20)21;2-1(3)4/h9-12,14H,2-8H2,1H3;/q+1;-1. The third kappa shape index (κ3) is 5.66. The van der Waals surface area contributed by atoms with E-state index in [-0.39, 0.29) is 5.92 Å². The molecule has 0 bridgehead atoms. The van der Waals surface area contributed by atoms with Crippen LogP contribution in [-0.2, 0) is 11.9 Å². The Morgan fingerprint density at radius 3 is 2.12 bits per heavy atom. The molecule has 3 nitrogen and oxygen atoms in total. The number of alkyl halides is 3. The molecule has 0 spiro atoms. The number of hydrogen-bond donors (Lipinski definition) is 0. The van der Waals surface area contributed by atoms with E-state index in [0.717, 1.165) is 55.9 Å². The molecule has 3 rings (SSSR count). The summed E-state index contributed by atoms with van der Waals surface area (Å²) >= 11 is -3.65. The summed E-state index contributed by atoms with van der Waals surface area (Å²) in [6, 6.07) is 7.47. The van der Waals surface area contributed by atoms with Gasteiger partial charge >= 0.3 is 5.51 Å². The maximum atomic E-state index is 13.8. The van der Waals surface area contributed by atoms with Crippen molar-refractivity contribution in [3.8, 4) is 0 Å². The first-order valence-electron chi connectivity index (χ1n) is 8.62. The average molecular weight is 455 g/mol. The molecule has 146 valence electrons. The Morgan fingerprint density at radius 2 is 1.62 bits per heavy atom. The fourth-order valence-corrected chi connectivity index (χ4v) is 5.76. The van der Waals surface area contributed by atoms with Gasteiger partial charge in [-0.15, -0.1) is 13.2 Å². The van der Waals surface area contributed by atoms with Gasteiger partial charge in [0.25, 0.3) is 0 Å². The highest BCUT2D eigenvalue weighted by atomic mass is 80.0. The van der Waals surface area contributed by atoms with Crippen LogP contribution in [0.15, 0.2) is 24.3 Å². The van der Waals surface area contributed by atoms with Crippen molar-refractivity contribution in [2.24, 2.45) is 0 Å². The van der Waals surface area contributed by atoms with Gasteiger partial charge in [-0.3, -0.25) is 0 Å². The minimum Gasteiger partial charge on any atom is -0.405 e. The minimum absolute atomic E-state index is 0.116. The van der Waals surface area contributed by atoms with Crippen molar-refractivity contribution in [2.45, 2.75) is 63.3 Å². The van der Waals surface area contributed by atoms with Crippen LogP contribution in [0.1, 0.15) is 61.8 Å². The third-order valence-electron chi connectivity index (χ3n) is 4.73. The van der Waals surface area contributed by atoms with Crippen LogP contribution in [0.4, 0.5) is 13.2 Å². The van der Waals surface area contributed by atoms with E-state index in [1.54, 1.807) is 6.07 Å². The van der Waals surface area contributed by atoms with Crippen LogP contribution >= 0.6 is 10.5 Å². The SMILES string of the molecule is CCc1ccc2cc(C3CCCCCC3)[s+](C(F)(F)F)c2c1.[O-][Br+2]([O-])[O-]. The lowest BCUT2D eigenvalue weighted by Crippen LogP contribution is -2.42. The van der Waals surface area contributed by atoms with E-state index in [9.17, 15) is 13.2 Å². The molecule has 0 radical (unpaired) electrons. The van der Waals surface area contributed by atoms with Crippen LogP contribution in [0.2, 0.25) is 0 Å². The lowest BCUT2D eigenvalue weighted by atomic mass is 9.98. The summed E-state index contributed by atoms with van der Waals surface area (Å²) in [4.78, 5) is 0.651. The molecule has 2 aromatic rings. The molecule has 8 heteroatoms. The number of benzene rings is 1. The van der Waals surface area contributed by atoms with Crippen LogP contribution in [0.25, 0.3) is 10.1 Å². The van der Waals surface area contributed by atoms with Gasteiger partial charge in [-0.05, 0) is 30.9 Å². The van der Waals surface area contributed by atoms with Crippen molar-refractivity contribution in [2.75, 3.05) is 0 Å². The summed E-state index contributed by atoms with van der Waals surface area (Å²) in [7, 11) is -1.71. The van der Waals surface area contributed by atoms with Crippen molar-refractivity contribution in [3.05, 3.63) is 34.7 Å². The van der Waals surface area contributed by atoms with Crippen molar-refractivity contribution < 1.29 is 40.6 Å². The number of hydrogen-bond acceptors (Lipinski definition) is 3. The van der Waals surface area contributed by atoms with Crippen LogP contribution in [-0.4, -0.2) is 0 Å².